The lowest BCUT2D eigenvalue weighted by atomic mass is 9.95. The van der Waals surface area contributed by atoms with Crippen LogP contribution in [0.3, 0.4) is 0 Å². The van der Waals surface area contributed by atoms with Gasteiger partial charge in [-0.2, -0.15) is 0 Å². The lowest BCUT2D eigenvalue weighted by Crippen LogP contribution is -2.42. The molecule has 0 aromatic heterocycles. The van der Waals surface area contributed by atoms with Gasteiger partial charge in [0.25, 0.3) is 5.69 Å². The summed E-state index contributed by atoms with van der Waals surface area (Å²) in [5.41, 5.74) is 1.43. The van der Waals surface area contributed by atoms with Crippen LogP contribution in [0.5, 0.6) is 0 Å². The molecule has 0 spiro atoms. The lowest BCUT2D eigenvalue weighted by molar-refractivity contribution is -0.384. The Morgan fingerprint density at radius 3 is 2.52 bits per heavy atom. The van der Waals surface area contributed by atoms with Crippen molar-refractivity contribution in [3.63, 3.8) is 0 Å². The average Bonchev–Trinajstić information content (AvgIpc) is 2.79. The summed E-state index contributed by atoms with van der Waals surface area (Å²) in [6.45, 7) is 1.22. The zero-order chi connectivity index (χ0) is 22.4. The van der Waals surface area contributed by atoms with Gasteiger partial charge in [0, 0.05) is 55.8 Å². The van der Waals surface area contributed by atoms with E-state index in [4.69, 9.17) is 11.6 Å². The van der Waals surface area contributed by atoms with Crippen LogP contribution in [0.2, 0.25) is 5.02 Å². The van der Waals surface area contributed by atoms with Crippen LogP contribution in [0.4, 0.5) is 5.69 Å². The van der Waals surface area contributed by atoms with E-state index in [1.807, 2.05) is 30.3 Å². The molecule has 0 aliphatic carbocycles. The van der Waals surface area contributed by atoms with E-state index >= 15 is 0 Å². The number of rotatable bonds is 6. The number of benzene rings is 2. The number of piperidine rings is 1. The fourth-order valence-electron chi connectivity index (χ4n) is 3.62. The first kappa shape index (κ1) is 22.5. The van der Waals surface area contributed by atoms with Crippen molar-refractivity contribution in [1.29, 1.82) is 0 Å². The number of nitro benzene ring substituents is 1. The molecule has 0 saturated carbocycles. The van der Waals surface area contributed by atoms with Crippen LogP contribution in [0, 0.1) is 16.0 Å². The summed E-state index contributed by atoms with van der Waals surface area (Å²) in [7, 11) is 1.66. The molecule has 2 aromatic rings. The molecular weight excluding hydrogens is 418 g/mol. The van der Waals surface area contributed by atoms with Crippen LogP contribution in [0.1, 0.15) is 24.0 Å². The Kier molecular flexibility index (Phi) is 7.41. The Bertz CT molecular complexity index is 986. The number of hydrogen-bond acceptors (Lipinski definition) is 4. The van der Waals surface area contributed by atoms with Gasteiger partial charge in [-0.25, -0.2) is 0 Å². The molecule has 1 fully saturated rings. The zero-order valence-electron chi connectivity index (χ0n) is 17.2. The zero-order valence-corrected chi connectivity index (χ0v) is 18.0. The van der Waals surface area contributed by atoms with Crippen molar-refractivity contribution in [3.05, 3.63) is 80.9 Å². The Morgan fingerprint density at radius 2 is 1.87 bits per heavy atom. The van der Waals surface area contributed by atoms with Gasteiger partial charge in [0.15, 0.2) is 0 Å². The SMILES string of the molecule is CN(Cc1cc([N+](=O)[O-])ccc1Cl)C(=O)C1CCN(C(=O)C=Cc2ccccc2)CC1. The molecule has 1 aliphatic rings. The van der Waals surface area contributed by atoms with Crippen LogP contribution in [0.15, 0.2) is 54.6 Å². The van der Waals surface area contributed by atoms with Gasteiger partial charge in [-0.1, -0.05) is 41.9 Å². The fraction of sp³-hybridized carbons (Fsp3) is 0.304. The number of halogens is 1. The molecule has 3 rings (SSSR count). The molecule has 1 saturated heterocycles. The predicted molar refractivity (Wildman–Crippen MR) is 119 cm³/mol. The minimum absolute atomic E-state index is 0.0468. The second-order valence-electron chi connectivity index (χ2n) is 7.57. The van der Waals surface area contributed by atoms with Crippen molar-refractivity contribution in [2.24, 2.45) is 5.92 Å². The van der Waals surface area contributed by atoms with Gasteiger partial charge in [0.2, 0.25) is 11.8 Å². The molecule has 0 bridgehead atoms. The van der Waals surface area contributed by atoms with Crippen molar-refractivity contribution >= 4 is 35.2 Å². The molecule has 1 heterocycles. The van der Waals surface area contributed by atoms with E-state index < -0.39 is 4.92 Å². The molecule has 2 aromatic carbocycles. The highest BCUT2D eigenvalue weighted by atomic mass is 35.5. The number of nitro groups is 1. The monoisotopic (exact) mass is 441 g/mol. The second kappa shape index (κ2) is 10.2. The quantitative estimate of drug-likeness (QED) is 0.383. The molecule has 0 radical (unpaired) electrons. The third-order valence-electron chi connectivity index (χ3n) is 5.40. The average molecular weight is 442 g/mol. The van der Waals surface area contributed by atoms with E-state index in [0.717, 1.165) is 5.56 Å². The minimum Gasteiger partial charge on any atom is -0.341 e. The van der Waals surface area contributed by atoms with Crippen molar-refractivity contribution in [1.82, 2.24) is 9.80 Å². The molecule has 0 N–H and O–H groups in total. The molecule has 162 valence electrons. The summed E-state index contributed by atoms with van der Waals surface area (Å²) < 4.78 is 0. The molecule has 31 heavy (non-hydrogen) atoms. The summed E-state index contributed by atoms with van der Waals surface area (Å²) in [5, 5.41) is 11.4. The summed E-state index contributed by atoms with van der Waals surface area (Å²) >= 11 is 6.15. The van der Waals surface area contributed by atoms with Gasteiger partial charge in [-0.05, 0) is 36.1 Å². The predicted octanol–water partition coefficient (Wildman–Crippen LogP) is 4.16. The van der Waals surface area contributed by atoms with Gasteiger partial charge in [-0.3, -0.25) is 19.7 Å². The van der Waals surface area contributed by atoms with Gasteiger partial charge in [-0.15, -0.1) is 0 Å². The highest BCUT2D eigenvalue weighted by Crippen LogP contribution is 2.25. The summed E-state index contributed by atoms with van der Waals surface area (Å²) in [4.78, 5) is 39.1. The lowest BCUT2D eigenvalue weighted by Gasteiger charge is -2.32. The Morgan fingerprint density at radius 1 is 1.19 bits per heavy atom. The first-order valence-electron chi connectivity index (χ1n) is 10.0. The Hall–Kier alpha value is -3.19. The number of non-ortho nitro benzene ring substituents is 1. The minimum atomic E-state index is -0.485. The van der Waals surface area contributed by atoms with Crippen molar-refractivity contribution in [2.45, 2.75) is 19.4 Å². The van der Waals surface area contributed by atoms with E-state index in [0.29, 0.717) is 36.5 Å². The fourth-order valence-corrected chi connectivity index (χ4v) is 3.80. The van der Waals surface area contributed by atoms with E-state index in [2.05, 4.69) is 0 Å². The molecule has 0 unspecified atom stereocenters. The molecule has 8 heteroatoms. The van der Waals surface area contributed by atoms with Crippen LogP contribution in [-0.2, 0) is 16.1 Å². The number of nitrogens with zero attached hydrogens (tertiary/aromatic N) is 3. The van der Waals surface area contributed by atoms with Gasteiger partial charge < -0.3 is 9.80 Å². The molecule has 2 amide bonds. The van der Waals surface area contributed by atoms with E-state index in [-0.39, 0.29) is 30.0 Å². The molecule has 7 nitrogen and oxygen atoms in total. The number of hydrogen-bond donors (Lipinski definition) is 0. The Labute approximate surface area is 186 Å². The first-order valence-corrected chi connectivity index (χ1v) is 10.4. The van der Waals surface area contributed by atoms with E-state index in [1.165, 1.54) is 18.2 Å². The second-order valence-corrected chi connectivity index (χ2v) is 7.98. The third kappa shape index (κ3) is 5.92. The van der Waals surface area contributed by atoms with Crippen LogP contribution >= 0.6 is 11.6 Å². The highest BCUT2D eigenvalue weighted by Gasteiger charge is 2.29. The topological polar surface area (TPSA) is 83.8 Å². The van der Waals surface area contributed by atoms with Crippen molar-refractivity contribution < 1.29 is 14.5 Å². The smallest absolute Gasteiger partial charge is 0.269 e. The number of carbonyl (C=O) groups excluding carboxylic acids is 2. The van der Waals surface area contributed by atoms with Crippen LogP contribution < -0.4 is 0 Å². The first-order chi connectivity index (χ1) is 14.8. The largest absolute Gasteiger partial charge is 0.341 e. The molecule has 1 aliphatic heterocycles. The standard InChI is InChI=1S/C23H24ClN3O4/c1-25(16-19-15-20(27(30)31)8-9-21(19)24)23(29)18-11-13-26(14-12-18)22(28)10-7-17-5-3-2-4-6-17/h2-10,15,18H,11-14,16H2,1H3. The highest BCUT2D eigenvalue weighted by molar-refractivity contribution is 6.31. The summed E-state index contributed by atoms with van der Waals surface area (Å²) in [5.74, 6) is -0.300. The third-order valence-corrected chi connectivity index (χ3v) is 5.77. The van der Waals surface area contributed by atoms with Crippen LogP contribution in [0.25, 0.3) is 6.08 Å². The number of likely N-dealkylation sites (tertiary alicyclic amines) is 1. The Balaban J connectivity index is 1.54. The maximum atomic E-state index is 12.9. The van der Waals surface area contributed by atoms with E-state index in [9.17, 15) is 19.7 Å². The maximum absolute atomic E-state index is 12.9. The molecule has 0 atom stereocenters. The number of carbonyl (C=O) groups is 2. The van der Waals surface area contributed by atoms with Gasteiger partial charge in [0.05, 0.1) is 4.92 Å². The van der Waals surface area contributed by atoms with Gasteiger partial charge >= 0.3 is 0 Å². The number of amides is 2. The van der Waals surface area contributed by atoms with E-state index in [1.54, 1.807) is 29.0 Å². The van der Waals surface area contributed by atoms with Gasteiger partial charge in [0.1, 0.15) is 0 Å². The maximum Gasteiger partial charge on any atom is 0.269 e. The van der Waals surface area contributed by atoms with Crippen molar-refractivity contribution in [2.75, 3.05) is 20.1 Å². The summed E-state index contributed by atoms with van der Waals surface area (Å²) in [6.07, 6.45) is 4.51. The van der Waals surface area contributed by atoms with Crippen LogP contribution in [-0.4, -0.2) is 46.7 Å². The van der Waals surface area contributed by atoms with Crippen molar-refractivity contribution in [3.8, 4) is 0 Å². The molecular formula is C23H24ClN3O4. The summed E-state index contributed by atoms with van der Waals surface area (Å²) in [6, 6.07) is 13.8. The normalized spacial score (nSPS) is 14.6.